The van der Waals surface area contributed by atoms with E-state index in [0.717, 1.165) is 23.1 Å². The molecule has 0 saturated carbocycles. The van der Waals surface area contributed by atoms with Gasteiger partial charge in [0.25, 0.3) is 0 Å². The summed E-state index contributed by atoms with van der Waals surface area (Å²) in [7, 11) is 1.90. The van der Waals surface area contributed by atoms with Gasteiger partial charge in [-0.2, -0.15) is 0 Å². The Kier molecular flexibility index (Phi) is 4.20. The topological polar surface area (TPSA) is 85.8 Å². The highest BCUT2D eigenvalue weighted by Gasteiger charge is 2.10. The summed E-state index contributed by atoms with van der Waals surface area (Å²) < 4.78 is 3.87. The number of hydrogen-bond donors (Lipinski definition) is 1. The Morgan fingerprint density at radius 1 is 1.53 bits per heavy atom. The van der Waals surface area contributed by atoms with Gasteiger partial charge in [-0.15, -0.1) is 10.2 Å². The van der Waals surface area contributed by atoms with E-state index in [2.05, 4.69) is 15.2 Å². The Morgan fingerprint density at radius 2 is 2.32 bits per heavy atom. The summed E-state index contributed by atoms with van der Waals surface area (Å²) in [6, 6.07) is 0. The highest BCUT2D eigenvalue weighted by Crippen LogP contribution is 2.18. The number of nitrogens with zero attached hydrogens (tertiary/aromatic N) is 5. The van der Waals surface area contributed by atoms with Crippen LogP contribution in [-0.2, 0) is 24.8 Å². The zero-order chi connectivity index (χ0) is 13.8. The minimum Gasteiger partial charge on any atom is -0.481 e. The number of aliphatic carboxylic acids is 1. The van der Waals surface area contributed by atoms with Crippen molar-refractivity contribution < 1.29 is 9.90 Å². The molecule has 0 unspecified atom stereocenters. The van der Waals surface area contributed by atoms with Crippen LogP contribution in [0.15, 0.2) is 17.7 Å². The number of hydrogen-bond acceptors (Lipinski definition) is 5. The number of rotatable bonds is 6. The molecule has 2 aromatic rings. The Hall–Kier alpha value is -1.83. The third-order valence-electron chi connectivity index (χ3n) is 2.71. The SMILES string of the molecule is Cc1cnc(SCC(=O)O)n1CCc1nncn1C. The lowest BCUT2D eigenvalue weighted by molar-refractivity contribution is -0.133. The molecule has 7 nitrogen and oxygen atoms in total. The molecule has 0 bridgehead atoms. The summed E-state index contributed by atoms with van der Waals surface area (Å²) in [5.41, 5.74) is 1.01. The average molecular weight is 281 g/mol. The average Bonchev–Trinajstić information content (AvgIpc) is 2.91. The summed E-state index contributed by atoms with van der Waals surface area (Å²) in [4.78, 5) is 14.8. The molecular weight excluding hydrogens is 266 g/mol. The highest BCUT2D eigenvalue weighted by atomic mass is 32.2. The Balaban J connectivity index is 2.05. The van der Waals surface area contributed by atoms with E-state index in [-0.39, 0.29) is 5.75 Å². The van der Waals surface area contributed by atoms with E-state index in [1.807, 2.05) is 23.1 Å². The van der Waals surface area contributed by atoms with Crippen LogP contribution in [0.3, 0.4) is 0 Å². The summed E-state index contributed by atoms with van der Waals surface area (Å²) >= 11 is 1.23. The standard InChI is InChI=1S/C11H15N5O2S/c1-8-5-12-11(19-6-10(17)18)16(8)4-3-9-14-13-7-15(9)2/h5,7H,3-4,6H2,1-2H3,(H,17,18). The van der Waals surface area contributed by atoms with Gasteiger partial charge in [-0.3, -0.25) is 4.79 Å². The van der Waals surface area contributed by atoms with Gasteiger partial charge in [0.05, 0.1) is 5.75 Å². The molecule has 0 fully saturated rings. The highest BCUT2D eigenvalue weighted by molar-refractivity contribution is 7.99. The molecule has 2 aromatic heterocycles. The maximum absolute atomic E-state index is 10.6. The van der Waals surface area contributed by atoms with Crippen LogP contribution in [0.25, 0.3) is 0 Å². The van der Waals surface area contributed by atoms with Crippen LogP contribution in [0, 0.1) is 6.92 Å². The van der Waals surface area contributed by atoms with Gasteiger partial charge >= 0.3 is 5.97 Å². The van der Waals surface area contributed by atoms with Crippen molar-refractivity contribution in [1.82, 2.24) is 24.3 Å². The quantitative estimate of drug-likeness (QED) is 0.786. The number of carboxylic acid groups (broad SMARTS) is 1. The van der Waals surface area contributed by atoms with Crippen molar-refractivity contribution in [3.8, 4) is 0 Å². The molecule has 0 spiro atoms. The number of imidazole rings is 1. The van der Waals surface area contributed by atoms with Gasteiger partial charge in [0.2, 0.25) is 0 Å². The molecule has 0 radical (unpaired) electrons. The van der Waals surface area contributed by atoms with Crippen LogP contribution in [0.5, 0.6) is 0 Å². The summed E-state index contributed by atoms with van der Waals surface area (Å²) in [6.45, 7) is 2.66. The predicted octanol–water partition coefficient (Wildman–Crippen LogP) is 0.739. The zero-order valence-corrected chi connectivity index (χ0v) is 11.6. The molecule has 0 aromatic carbocycles. The summed E-state index contributed by atoms with van der Waals surface area (Å²) in [5.74, 6) is 0.0632. The first kappa shape index (κ1) is 13.6. The van der Waals surface area contributed by atoms with E-state index < -0.39 is 5.97 Å². The van der Waals surface area contributed by atoms with E-state index >= 15 is 0 Å². The molecule has 0 saturated heterocycles. The number of aryl methyl sites for hydroxylation is 3. The molecule has 0 atom stereocenters. The minimum absolute atomic E-state index is 0.0143. The van der Waals surface area contributed by atoms with Crippen LogP contribution in [-0.4, -0.2) is 41.1 Å². The number of carbonyl (C=O) groups is 1. The van der Waals surface area contributed by atoms with Crippen molar-refractivity contribution in [2.75, 3.05) is 5.75 Å². The van der Waals surface area contributed by atoms with Gasteiger partial charge < -0.3 is 14.2 Å². The van der Waals surface area contributed by atoms with Crippen molar-refractivity contribution in [2.24, 2.45) is 7.05 Å². The van der Waals surface area contributed by atoms with Crippen molar-refractivity contribution in [2.45, 2.75) is 25.0 Å². The molecular formula is C11H15N5O2S. The lowest BCUT2D eigenvalue weighted by Crippen LogP contribution is -2.09. The van der Waals surface area contributed by atoms with Gasteiger partial charge in [-0.05, 0) is 6.92 Å². The maximum atomic E-state index is 10.6. The van der Waals surface area contributed by atoms with Gasteiger partial charge in [-0.1, -0.05) is 11.8 Å². The van der Waals surface area contributed by atoms with Crippen LogP contribution in [0.4, 0.5) is 0 Å². The molecule has 19 heavy (non-hydrogen) atoms. The second kappa shape index (κ2) is 5.87. The van der Waals surface area contributed by atoms with Crippen LogP contribution in [0.1, 0.15) is 11.5 Å². The van der Waals surface area contributed by atoms with E-state index in [9.17, 15) is 4.79 Å². The first-order valence-corrected chi connectivity index (χ1v) is 6.76. The van der Waals surface area contributed by atoms with Crippen molar-refractivity contribution in [1.29, 1.82) is 0 Å². The van der Waals surface area contributed by atoms with Crippen LogP contribution < -0.4 is 0 Å². The molecule has 0 aliphatic carbocycles. The fourth-order valence-corrected chi connectivity index (χ4v) is 2.47. The first-order chi connectivity index (χ1) is 9.08. The molecule has 0 amide bonds. The van der Waals surface area contributed by atoms with E-state index in [4.69, 9.17) is 5.11 Å². The lowest BCUT2D eigenvalue weighted by Gasteiger charge is -2.08. The monoisotopic (exact) mass is 281 g/mol. The van der Waals surface area contributed by atoms with E-state index in [1.165, 1.54) is 11.8 Å². The molecule has 8 heteroatoms. The van der Waals surface area contributed by atoms with Gasteiger partial charge in [0.1, 0.15) is 12.2 Å². The largest absolute Gasteiger partial charge is 0.481 e. The predicted molar refractivity (Wildman–Crippen MR) is 70.0 cm³/mol. The van der Waals surface area contributed by atoms with Crippen LogP contribution in [0.2, 0.25) is 0 Å². The van der Waals surface area contributed by atoms with Crippen LogP contribution >= 0.6 is 11.8 Å². The second-order valence-corrected chi connectivity index (χ2v) is 5.07. The Morgan fingerprint density at radius 3 is 2.95 bits per heavy atom. The lowest BCUT2D eigenvalue weighted by atomic mass is 10.4. The van der Waals surface area contributed by atoms with Crippen molar-refractivity contribution in [3.63, 3.8) is 0 Å². The maximum Gasteiger partial charge on any atom is 0.313 e. The van der Waals surface area contributed by atoms with E-state index in [0.29, 0.717) is 6.54 Å². The third kappa shape index (κ3) is 3.34. The molecule has 2 heterocycles. The van der Waals surface area contributed by atoms with Gasteiger partial charge in [-0.25, -0.2) is 4.98 Å². The Bertz CT molecular complexity index is 577. The van der Waals surface area contributed by atoms with Crippen molar-refractivity contribution >= 4 is 17.7 Å². The smallest absolute Gasteiger partial charge is 0.313 e. The van der Waals surface area contributed by atoms with Crippen molar-refractivity contribution in [3.05, 3.63) is 24.0 Å². The molecule has 102 valence electrons. The fourth-order valence-electron chi connectivity index (χ4n) is 1.70. The summed E-state index contributed by atoms with van der Waals surface area (Å²) in [6.07, 6.45) is 4.14. The minimum atomic E-state index is -0.842. The zero-order valence-electron chi connectivity index (χ0n) is 10.8. The number of aromatic nitrogens is 5. The molecule has 0 aliphatic rings. The molecule has 1 N–H and O–H groups in total. The fraction of sp³-hybridized carbons (Fsp3) is 0.455. The third-order valence-corrected chi connectivity index (χ3v) is 3.68. The number of carboxylic acids is 1. The number of thioether (sulfide) groups is 1. The molecule has 0 aliphatic heterocycles. The van der Waals surface area contributed by atoms with Gasteiger partial charge in [0.15, 0.2) is 5.16 Å². The second-order valence-electron chi connectivity index (χ2n) is 4.12. The molecule has 2 rings (SSSR count). The Labute approximate surface area is 114 Å². The van der Waals surface area contributed by atoms with E-state index in [1.54, 1.807) is 12.5 Å². The van der Waals surface area contributed by atoms with Gasteiger partial charge in [0, 0.05) is 31.9 Å². The summed E-state index contributed by atoms with van der Waals surface area (Å²) in [5, 5.41) is 17.3. The first-order valence-electron chi connectivity index (χ1n) is 5.77. The normalized spacial score (nSPS) is 10.8.